The Morgan fingerprint density at radius 3 is 2.71 bits per heavy atom. The van der Waals surface area contributed by atoms with Crippen LogP contribution in [0.1, 0.15) is 17.3 Å². The summed E-state index contributed by atoms with van der Waals surface area (Å²) in [7, 11) is 0. The molecule has 0 saturated heterocycles. The van der Waals surface area contributed by atoms with Crippen LogP contribution in [0.25, 0.3) is 0 Å². The van der Waals surface area contributed by atoms with Crippen LogP contribution in [-0.2, 0) is 0 Å². The van der Waals surface area contributed by atoms with E-state index in [1.54, 1.807) is 6.20 Å². The number of nitrogens with zero attached hydrogens (tertiary/aromatic N) is 3. The molecular weight excluding hydrogens is 330 g/mol. The molecule has 5 heteroatoms. The van der Waals surface area contributed by atoms with E-state index in [-0.39, 0.29) is 5.91 Å². The number of hydrogen-bond acceptors (Lipinski definition) is 3. The molecule has 0 aliphatic carbocycles. The van der Waals surface area contributed by atoms with E-state index in [1.807, 2.05) is 41.3 Å². The molecule has 0 saturated carbocycles. The van der Waals surface area contributed by atoms with Gasteiger partial charge in [0.25, 0.3) is 5.91 Å². The van der Waals surface area contributed by atoms with E-state index >= 15 is 0 Å². The second-order valence-electron chi connectivity index (χ2n) is 4.89. The Hall–Kier alpha value is -1.88. The lowest BCUT2D eigenvalue weighted by atomic mass is 10.1. The van der Waals surface area contributed by atoms with Gasteiger partial charge in [-0.2, -0.15) is 0 Å². The molecule has 3 rings (SSSR count). The number of carbonyl (C=O) groups excluding carboxylic acids is 1. The van der Waals surface area contributed by atoms with E-state index < -0.39 is 0 Å². The zero-order valence-electron chi connectivity index (χ0n) is 11.8. The Balaban J connectivity index is 1.96. The van der Waals surface area contributed by atoms with Crippen LogP contribution in [0.3, 0.4) is 0 Å². The molecule has 1 aromatic carbocycles. The van der Waals surface area contributed by atoms with Crippen molar-refractivity contribution < 1.29 is 4.79 Å². The van der Waals surface area contributed by atoms with Crippen LogP contribution in [0.15, 0.2) is 47.1 Å². The summed E-state index contributed by atoms with van der Waals surface area (Å²) >= 11 is 3.39. The fourth-order valence-corrected chi connectivity index (χ4v) is 2.82. The summed E-state index contributed by atoms with van der Waals surface area (Å²) in [5.41, 5.74) is 1.58. The van der Waals surface area contributed by atoms with Gasteiger partial charge in [0.15, 0.2) is 5.82 Å². The number of amides is 1. The van der Waals surface area contributed by atoms with Crippen LogP contribution in [0, 0.1) is 0 Å². The van der Waals surface area contributed by atoms with Gasteiger partial charge in [-0.15, -0.1) is 0 Å². The van der Waals surface area contributed by atoms with Crippen molar-refractivity contribution >= 4 is 33.3 Å². The van der Waals surface area contributed by atoms with Crippen LogP contribution < -0.4 is 9.80 Å². The second-order valence-corrected chi connectivity index (χ2v) is 5.81. The fourth-order valence-electron chi connectivity index (χ4n) is 2.56. The minimum atomic E-state index is 0.0208. The highest BCUT2D eigenvalue weighted by Crippen LogP contribution is 2.31. The summed E-state index contributed by atoms with van der Waals surface area (Å²) in [6.45, 7) is 4.49. The van der Waals surface area contributed by atoms with Crippen molar-refractivity contribution in [2.75, 3.05) is 29.4 Å². The van der Waals surface area contributed by atoms with E-state index in [4.69, 9.17) is 0 Å². The minimum absolute atomic E-state index is 0.0208. The molecule has 0 spiro atoms. The van der Waals surface area contributed by atoms with Crippen molar-refractivity contribution in [2.24, 2.45) is 0 Å². The van der Waals surface area contributed by atoms with Gasteiger partial charge < -0.3 is 9.80 Å². The van der Waals surface area contributed by atoms with E-state index in [2.05, 4.69) is 32.7 Å². The van der Waals surface area contributed by atoms with Gasteiger partial charge in [-0.05, 0) is 43.3 Å². The first-order valence-electron chi connectivity index (χ1n) is 6.98. The maximum absolute atomic E-state index is 12.7. The zero-order valence-corrected chi connectivity index (χ0v) is 13.4. The molecule has 108 valence electrons. The van der Waals surface area contributed by atoms with Crippen LogP contribution in [-0.4, -0.2) is 30.5 Å². The van der Waals surface area contributed by atoms with Gasteiger partial charge in [-0.25, -0.2) is 4.98 Å². The predicted octanol–water partition coefficient (Wildman–Crippen LogP) is 3.33. The molecule has 0 atom stereocenters. The standard InChI is InChI=1S/C16H16BrN3O/c1-2-19-10-11-20(14-4-3-9-18-15(14)19)16(21)12-5-7-13(17)8-6-12/h3-9H,2,10-11H2,1H3. The maximum Gasteiger partial charge on any atom is 0.258 e. The molecule has 0 radical (unpaired) electrons. The number of carbonyl (C=O) groups is 1. The number of benzene rings is 1. The number of pyridine rings is 1. The third kappa shape index (κ3) is 2.65. The van der Waals surface area contributed by atoms with E-state index in [0.717, 1.165) is 29.1 Å². The molecule has 1 aliphatic heterocycles. The number of aromatic nitrogens is 1. The van der Waals surface area contributed by atoms with Crippen molar-refractivity contribution in [2.45, 2.75) is 6.92 Å². The van der Waals surface area contributed by atoms with Gasteiger partial charge in [0.1, 0.15) is 0 Å². The maximum atomic E-state index is 12.7. The molecule has 0 fully saturated rings. The Labute approximate surface area is 132 Å². The second kappa shape index (κ2) is 5.85. The van der Waals surface area contributed by atoms with Gasteiger partial charge >= 0.3 is 0 Å². The third-order valence-corrected chi connectivity index (χ3v) is 4.20. The van der Waals surface area contributed by atoms with Crippen LogP contribution in [0.4, 0.5) is 11.5 Å². The van der Waals surface area contributed by atoms with Crippen LogP contribution in [0.2, 0.25) is 0 Å². The normalized spacial score (nSPS) is 14.0. The predicted molar refractivity (Wildman–Crippen MR) is 87.9 cm³/mol. The summed E-state index contributed by atoms with van der Waals surface area (Å²) in [6.07, 6.45) is 1.77. The number of hydrogen-bond donors (Lipinski definition) is 0. The molecule has 2 aromatic rings. The average molecular weight is 346 g/mol. The number of halogens is 1. The first-order chi connectivity index (χ1) is 10.2. The van der Waals surface area contributed by atoms with Gasteiger partial charge in [0.05, 0.1) is 5.69 Å². The van der Waals surface area contributed by atoms with E-state index in [9.17, 15) is 4.79 Å². The van der Waals surface area contributed by atoms with Crippen molar-refractivity contribution in [1.29, 1.82) is 0 Å². The lowest BCUT2D eigenvalue weighted by Gasteiger charge is -2.36. The SMILES string of the molecule is CCN1CCN(C(=O)c2ccc(Br)cc2)c2cccnc21. The van der Waals surface area contributed by atoms with Gasteiger partial charge in [0, 0.05) is 35.9 Å². The Bertz CT molecular complexity index is 657. The molecule has 4 nitrogen and oxygen atoms in total. The van der Waals surface area contributed by atoms with Crippen molar-refractivity contribution in [1.82, 2.24) is 4.98 Å². The summed E-state index contributed by atoms with van der Waals surface area (Å²) in [6, 6.07) is 11.3. The molecule has 21 heavy (non-hydrogen) atoms. The Morgan fingerprint density at radius 1 is 1.24 bits per heavy atom. The quantitative estimate of drug-likeness (QED) is 0.837. The van der Waals surface area contributed by atoms with Gasteiger partial charge in [0.2, 0.25) is 0 Å². The largest absolute Gasteiger partial charge is 0.353 e. The molecule has 1 aromatic heterocycles. The molecular formula is C16H16BrN3O. The van der Waals surface area contributed by atoms with Crippen LogP contribution in [0.5, 0.6) is 0 Å². The third-order valence-electron chi connectivity index (χ3n) is 3.67. The number of anilines is 2. The highest BCUT2D eigenvalue weighted by atomic mass is 79.9. The molecule has 2 heterocycles. The van der Waals surface area contributed by atoms with E-state index in [0.29, 0.717) is 12.1 Å². The molecule has 0 unspecified atom stereocenters. The molecule has 1 amide bonds. The Kier molecular flexibility index (Phi) is 3.92. The van der Waals surface area contributed by atoms with Gasteiger partial charge in [-0.3, -0.25) is 4.79 Å². The van der Waals surface area contributed by atoms with Gasteiger partial charge in [-0.1, -0.05) is 15.9 Å². The van der Waals surface area contributed by atoms with E-state index in [1.165, 1.54) is 0 Å². The molecule has 0 bridgehead atoms. The van der Waals surface area contributed by atoms with Crippen molar-refractivity contribution in [3.63, 3.8) is 0 Å². The number of likely N-dealkylation sites (N-methyl/N-ethyl adjacent to an activating group) is 1. The molecule has 1 aliphatic rings. The summed E-state index contributed by atoms with van der Waals surface area (Å²) in [4.78, 5) is 21.2. The monoisotopic (exact) mass is 345 g/mol. The smallest absolute Gasteiger partial charge is 0.258 e. The molecule has 0 N–H and O–H groups in total. The lowest BCUT2D eigenvalue weighted by molar-refractivity contribution is 0.0986. The zero-order chi connectivity index (χ0) is 14.8. The minimum Gasteiger partial charge on any atom is -0.353 e. The Morgan fingerprint density at radius 2 is 2.00 bits per heavy atom. The fraction of sp³-hybridized carbons (Fsp3) is 0.250. The highest BCUT2D eigenvalue weighted by Gasteiger charge is 2.27. The van der Waals surface area contributed by atoms with Crippen LogP contribution >= 0.6 is 15.9 Å². The first kappa shape index (κ1) is 14.1. The number of fused-ring (bicyclic) bond motifs is 1. The average Bonchev–Trinajstić information content (AvgIpc) is 2.54. The summed E-state index contributed by atoms with van der Waals surface area (Å²) in [5.74, 6) is 0.907. The lowest BCUT2D eigenvalue weighted by Crippen LogP contribution is -2.44. The van der Waals surface area contributed by atoms with Crippen molar-refractivity contribution in [3.8, 4) is 0 Å². The summed E-state index contributed by atoms with van der Waals surface area (Å²) < 4.78 is 0.969. The topological polar surface area (TPSA) is 36.4 Å². The number of rotatable bonds is 2. The highest BCUT2D eigenvalue weighted by molar-refractivity contribution is 9.10. The first-order valence-corrected chi connectivity index (χ1v) is 7.77. The summed E-state index contributed by atoms with van der Waals surface area (Å²) in [5, 5.41) is 0. The van der Waals surface area contributed by atoms with Crippen molar-refractivity contribution in [3.05, 3.63) is 52.6 Å².